The van der Waals surface area contributed by atoms with E-state index in [-0.39, 0.29) is 0 Å². The van der Waals surface area contributed by atoms with Gasteiger partial charge in [0.25, 0.3) is 0 Å². The van der Waals surface area contributed by atoms with Gasteiger partial charge in [0.15, 0.2) is 0 Å². The highest BCUT2D eigenvalue weighted by molar-refractivity contribution is 5.91. The second-order valence-corrected chi connectivity index (χ2v) is 7.37. The minimum absolute atomic E-state index is 0.321. The number of rotatable bonds is 3. The maximum absolute atomic E-state index is 11.7. The summed E-state index contributed by atoms with van der Waals surface area (Å²) in [6.07, 6.45) is 7.18. The van der Waals surface area contributed by atoms with E-state index in [1.54, 1.807) is 12.1 Å². The van der Waals surface area contributed by atoms with E-state index in [0.717, 1.165) is 19.5 Å². The van der Waals surface area contributed by atoms with Crippen molar-refractivity contribution in [3.8, 4) is 5.69 Å². The average Bonchev–Trinajstić information content (AvgIpc) is 3.01. The zero-order valence-electron chi connectivity index (χ0n) is 14.7. The summed E-state index contributed by atoms with van der Waals surface area (Å²) in [5, 5.41) is 14.6. The van der Waals surface area contributed by atoms with Crippen molar-refractivity contribution < 1.29 is 9.90 Å². The first-order chi connectivity index (χ1) is 12.1. The molecule has 0 unspecified atom stereocenters. The Morgan fingerprint density at radius 2 is 1.96 bits per heavy atom. The number of hydrogen-bond acceptors (Lipinski definition) is 3. The summed E-state index contributed by atoms with van der Waals surface area (Å²) in [4.78, 5) is 14.0. The molecule has 2 aromatic rings. The number of carboxylic acid groups (broad SMARTS) is 1. The van der Waals surface area contributed by atoms with Crippen molar-refractivity contribution in [1.82, 2.24) is 14.7 Å². The average molecular weight is 339 g/mol. The molecule has 1 aromatic heterocycles. The van der Waals surface area contributed by atoms with Crippen LogP contribution in [0.4, 0.5) is 0 Å². The highest BCUT2D eigenvalue weighted by atomic mass is 16.4. The number of para-hydroxylation sites is 1. The van der Waals surface area contributed by atoms with Gasteiger partial charge < -0.3 is 10.0 Å². The zero-order chi connectivity index (χ0) is 17.4. The molecule has 1 aliphatic carbocycles. The van der Waals surface area contributed by atoms with Crippen LogP contribution in [0.2, 0.25) is 0 Å². The lowest BCUT2D eigenvalue weighted by molar-refractivity contribution is 0.0696. The molecule has 4 rings (SSSR count). The summed E-state index contributed by atoms with van der Waals surface area (Å²) < 4.78 is 1.93. The van der Waals surface area contributed by atoms with Crippen LogP contribution in [-0.2, 0) is 13.0 Å². The van der Waals surface area contributed by atoms with E-state index in [1.807, 2.05) is 16.8 Å². The van der Waals surface area contributed by atoms with Crippen molar-refractivity contribution in [2.45, 2.75) is 51.0 Å². The zero-order valence-corrected chi connectivity index (χ0v) is 14.7. The van der Waals surface area contributed by atoms with Gasteiger partial charge in [0.05, 0.1) is 22.6 Å². The van der Waals surface area contributed by atoms with Crippen LogP contribution in [0, 0.1) is 0 Å². The largest absolute Gasteiger partial charge is 0.478 e. The molecule has 0 bridgehead atoms. The van der Waals surface area contributed by atoms with E-state index in [2.05, 4.69) is 11.9 Å². The number of benzene rings is 1. The summed E-state index contributed by atoms with van der Waals surface area (Å²) in [5.74, 6) is -0.376. The standard InChI is InChI=1S/C20H25N3O2/c1-22-12-11-18-16(13-22)19(14-7-3-2-4-8-14)21-23(18)17-10-6-5-9-15(17)20(24)25/h5-6,9-10,14H,2-4,7-8,11-13H2,1H3,(H,24,25). The Labute approximate surface area is 148 Å². The number of carbonyl (C=O) groups is 1. The number of hydrogen-bond donors (Lipinski definition) is 1. The topological polar surface area (TPSA) is 58.4 Å². The first-order valence-corrected chi connectivity index (χ1v) is 9.27. The van der Waals surface area contributed by atoms with Crippen molar-refractivity contribution in [2.75, 3.05) is 13.6 Å². The smallest absolute Gasteiger partial charge is 0.337 e. The molecule has 5 nitrogen and oxygen atoms in total. The van der Waals surface area contributed by atoms with Crippen LogP contribution in [0.3, 0.4) is 0 Å². The third-order valence-corrected chi connectivity index (χ3v) is 5.63. The van der Waals surface area contributed by atoms with E-state index in [1.165, 1.54) is 49.1 Å². The van der Waals surface area contributed by atoms with Gasteiger partial charge >= 0.3 is 5.97 Å². The number of likely N-dealkylation sites (N-methyl/N-ethyl adjacent to an activating group) is 1. The van der Waals surface area contributed by atoms with Crippen LogP contribution in [-0.4, -0.2) is 39.3 Å². The molecule has 5 heteroatoms. The van der Waals surface area contributed by atoms with E-state index >= 15 is 0 Å². The fourth-order valence-corrected chi connectivity index (χ4v) is 4.32. The van der Waals surface area contributed by atoms with Crippen LogP contribution in [0.15, 0.2) is 24.3 Å². The lowest BCUT2D eigenvalue weighted by Gasteiger charge is -2.26. The molecule has 0 atom stereocenters. The van der Waals surface area contributed by atoms with Crippen LogP contribution >= 0.6 is 0 Å². The van der Waals surface area contributed by atoms with Gasteiger partial charge in [-0.1, -0.05) is 31.4 Å². The number of aromatic carboxylic acids is 1. The molecule has 1 aromatic carbocycles. The lowest BCUT2D eigenvalue weighted by Crippen LogP contribution is -2.28. The minimum atomic E-state index is -0.896. The molecule has 0 amide bonds. The van der Waals surface area contributed by atoms with E-state index in [4.69, 9.17) is 5.10 Å². The first-order valence-electron chi connectivity index (χ1n) is 9.27. The van der Waals surface area contributed by atoms with Gasteiger partial charge in [0, 0.05) is 31.0 Å². The summed E-state index contributed by atoms with van der Waals surface area (Å²) in [6, 6.07) is 7.21. The molecular weight excluding hydrogens is 314 g/mol. The minimum Gasteiger partial charge on any atom is -0.478 e. The third kappa shape index (κ3) is 2.97. The van der Waals surface area contributed by atoms with Gasteiger partial charge in [-0.05, 0) is 32.0 Å². The van der Waals surface area contributed by atoms with Crippen LogP contribution < -0.4 is 0 Å². The van der Waals surface area contributed by atoms with Gasteiger partial charge in [-0.25, -0.2) is 9.48 Å². The van der Waals surface area contributed by atoms with Crippen LogP contribution in [0.25, 0.3) is 5.69 Å². The fourth-order valence-electron chi connectivity index (χ4n) is 4.32. The Bertz CT molecular complexity index is 790. The predicted octanol–water partition coefficient (Wildman–Crippen LogP) is 3.61. The van der Waals surface area contributed by atoms with Gasteiger partial charge in [-0.15, -0.1) is 0 Å². The van der Waals surface area contributed by atoms with Crippen molar-refractivity contribution in [1.29, 1.82) is 0 Å². The Morgan fingerprint density at radius 1 is 1.20 bits per heavy atom. The van der Waals surface area contributed by atoms with Crippen molar-refractivity contribution in [3.05, 3.63) is 46.8 Å². The molecule has 132 valence electrons. The quantitative estimate of drug-likeness (QED) is 0.928. The summed E-state index contributed by atoms with van der Waals surface area (Å²) >= 11 is 0. The van der Waals surface area contributed by atoms with Gasteiger partial charge in [0.1, 0.15) is 0 Å². The van der Waals surface area contributed by atoms with Gasteiger partial charge in [-0.3, -0.25) is 0 Å². The number of aromatic nitrogens is 2. The van der Waals surface area contributed by atoms with E-state index in [0.29, 0.717) is 17.2 Å². The van der Waals surface area contributed by atoms with Crippen molar-refractivity contribution >= 4 is 5.97 Å². The molecular formula is C20H25N3O2. The Balaban J connectivity index is 1.85. The summed E-state index contributed by atoms with van der Waals surface area (Å²) in [7, 11) is 2.15. The Kier molecular flexibility index (Phi) is 4.34. The highest BCUT2D eigenvalue weighted by Gasteiger charge is 2.29. The molecule has 0 saturated heterocycles. The van der Waals surface area contributed by atoms with E-state index in [9.17, 15) is 9.90 Å². The lowest BCUT2D eigenvalue weighted by atomic mass is 9.84. The van der Waals surface area contributed by atoms with Crippen LogP contribution in [0.5, 0.6) is 0 Å². The number of nitrogens with zero attached hydrogens (tertiary/aromatic N) is 3. The van der Waals surface area contributed by atoms with Crippen molar-refractivity contribution in [3.63, 3.8) is 0 Å². The molecule has 1 saturated carbocycles. The molecule has 2 aliphatic rings. The van der Waals surface area contributed by atoms with E-state index < -0.39 is 5.97 Å². The highest BCUT2D eigenvalue weighted by Crippen LogP contribution is 2.37. The fraction of sp³-hybridized carbons (Fsp3) is 0.500. The second-order valence-electron chi connectivity index (χ2n) is 7.37. The number of carboxylic acids is 1. The molecule has 0 spiro atoms. The maximum Gasteiger partial charge on any atom is 0.337 e. The maximum atomic E-state index is 11.7. The molecule has 1 N–H and O–H groups in total. The monoisotopic (exact) mass is 339 g/mol. The van der Waals surface area contributed by atoms with Gasteiger partial charge in [-0.2, -0.15) is 5.10 Å². The molecule has 0 radical (unpaired) electrons. The number of fused-ring (bicyclic) bond motifs is 1. The SMILES string of the molecule is CN1CCc2c(c(C3CCCCC3)nn2-c2ccccc2C(=O)O)C1. The van der Waals surface area contributed by atoms with Gasteiger partial charge in [0.2, 0.25) is 0 Å². The van der Waals surface area contributed by atoms with Crippen molar-refractivity contribution in [2.24, 2.45) is 0 Å². The Hall–Kier alpha value is -2.14. The summed E-state index contributed by atoms with van der Waals surface area (Å²) in [6.45, 7) is 1.90. The molecule has 2 heterocycles. The molecule has 1 aliphatic heterocycles. The molecule has 25 heavy (non-hydrogen) atoms. The first kappa shape index (κ1) is 16.3. The Morgan fingerprint density at radius 3 is 2.72 bits per heavy atom. The third-order valence-electron chi connectivity index (χ3n) is 5.63. The molecule has 1 fully saturated rings. The normalized spacial score (nSPS) is 18.9. The predicted molar refractivity (Wildman–Crippen MR) is 96.4 cm³/mol. The van der Waals surface area contributed by atoms with Crippen LogP contribution in [0.1, 0.15) is 65.3 Å². The summed E-state index contributed by atoms with van der Waals surface area (Å²) in [5.41, 5.74) is 4.76. The second kappa shape index (κ2) is 6.64.